The summed E-state index contributed by atoms with van der Waals surface area (Å²) in [7, 11) is 0. The molecule has 0 amide bonds. The topological polar surface area (TPSA) is 127 Å². The maximum absolute atomic E-state index is 13.2. The van der Waals surface area contributed by atoms with Crippen LogP contribution in [0.4, 0.5) is 10.1 Å². The van der Waals surface area contributed by atoms with Crippen LogP contribution in [0.15, 0.2) is 72.8 Å². The van der Waals surface area contributed by atoms with Crippen LogP contribution >= 0.6 is 0 Å². The van der Waals surface area contributed by atoms with Crippen molar-refractivity contribution in [1.29, 1.82) is 0 Å². The van der Waals surface area contributed by atoms with Gasteiger partial charge in [0.05, 0.1) is 16.1 Å². The van der Waals surface area contributed by atoms with Gasteiger partial charge in [0.25, 0.3) is 5.69 Å². The van der Waals surface area contributed by atoms with Crippen LogP contribution in [0.1, 0.15) is 20.7 Å². The lowest BCUT2D eigenvalue weighted by molar-refractivity contribution is -0.384. The Kier molecular flexibility index (Phi) is 6.97. The number of hydrogen-bond acceptors (Lipinski definition) is 5. The van der Waals surface area contributed by atoms with Crippen molar-refractivity contribution in [1.82, 2.24) is 0 Å². The quantitative estimate of drug-likeness (QED) is 0.474. The van der Waals surface area contributed by atoms with E-state index in [2.05, 4.69) is 0 Å². The molecule has 0 aliphatic heterocycles. The number of nitro benzene ring substituents is 1. The maximum atomic E-state index is 13.2. The van der Waals surface area contributed by atoms with Gasteiger partial charge in [-0.15, -0.1) is 0 Å². The summed E-state index contributed by atoms with van der Waals surface area (Å²) < 4.78 is 18.5. The van der Waals surface area contributed by atoms with E-state index in [0.717, 1.165) is 12.1 Å². The molecular weight excluding hydrogens is 385 g/mol. The first-order valence-electron chi connectivity index (χ1n) is 8.01. The molecule has 0 saturated carbocycles. The van der Waals surface area contributed by atoms with Gasteiger partial charge in [-0.25, -0.2) is 14.0 Å². The number of non-ortho nitro benzene ring substituents is 1. The van der Waals surface area contributed by atoms with Crippen LogP contribution in [0.5, 0.6) is 11.5 Å². The number of benzene rings is 3. The van der Waals surface area contributed by atoms with Crippen LogP contribution in [-0.4, -0.2) is 27.1 Å². The molecule has 3 aromatic carbocycles. The molecule has 0 aromatic heterocycles. The smallest absolute Gasteiger partial charge is 0.338 e. The Bertz CT molecular complexity index is 1020. The summed E-state index contributed by atoms with van der Waals surface area (Å²) in [5, 5.41) is 27.7. The minimum atomic E-state index is -1.41. The van der Waals surface area contributed by atoms with Gasteiger partial charge in [0.1, 0.15) is 17.3 Å². The van der Waals surface area contributed by atoms with Gasteiger partial charge in [-0.1, -0.05) is 18.2 Å². The average molecular weight is 399 g/mol. The largest absolute Gasteiger partial charge is 0.478 e. The molecule has 148 valence electrons. The molecular formula is C20H14FNO7. The summed E-state index contributed by atoms with van der Waals surface area (Å²) in [5.74, 6) is -2.75. The van der Waals surface area contributed by atoms with Crippen molar-refractivity contribution in [2.75, 3.05) is 0 Å². The number of nitrogens with zero attached hydrogens (tertiary/aromatic N) is 1. The van der Waals surface area contributed by atoms with E-state index in [1.54, 1.807) is 30.3 Å². The number of carbonyl (C=O) groups is 2. The number of aromatic carboxylic acids is 2. The molecule has 0 bridgehead atoms. The third-order valence-electron chi connectivity index (χ3n) is 3.47. The highest BCUT2D eigenvalue weighted by Crippen LogP contribution is 2.25. The van der Waals surface area contributed by atoms with Crippen molar-refractivity contribution in [2.24, 2.45) is 0 Å². The molecule has 0 spiro atoms. The first-order valence-corrected chi connectivity index (χ1v) is 8.01. The van der Waals surface area contributed by atoms with Crippen LogP contribution in [0.3, 0.4) is 0 Å². The van der Waals surface area contributed by atoms with E-state index in [-0.39, 0.29) is 17.2 Å². The Morgan fingerprint density at radius 3 is 1.93 bits per heavy atom. The lowest BCUT2D eigenvalue weighted by Gasteiger charge is -2.06. The fourth-order valence-electron chi connectivity index (χ4n) is 2.08. The monoisotopic (exact) mass is 399 g/mol. The molecule has 0 aliphatic carbocycles. The van der Waals surface area contributed by atoms with Gasteiger partial charge >= 0.3 is 11.9 Å². The second kappa shape index (κ2) is 9.60. The van der Waals surface area contributed by atoms with Crippen LogP contribution in [0.2, 0.25) is 0 Å². The van der Waals surface area contributed by atoms with Crippen molar-refractivity contribution >= 4 is 17.6 Å². The fraction of sp³-hybridized carbons (Fsp3) is 0. The van der Waals surface area contributed by atoms with Gasteiger partial charge in [-0.05, 0) is 42.5 Å². The second-order valence-corrected chi connectivity index (χ2v) is 5.47. The van der Waals surface area contributed by atoms with Gasteiger partial charge in [0.2, 0.25) is 0 Å². The predicted octanol–water partition coefficient (Wildman–Crippen LogP) is 4.61. The SMILES string of the molecule is O=C(O)c1cc(Oc2ccc([N+](=O)[O-])cc2)ccc1F.O=C(O)c1ccccc1. The molecule has 3 aromatic rings. The van der Waals surface area contributed by atoms with E-state index in [1.165, 1.54) is 30.3 Å². The third kappa shape index (κ3) is 6.14. The maximum Gasteiger partial charge on any atom is 0.338 e. The summed E-state index contributed by atoms with van der Waals surface area (Å²) in [6.07, 6.45) is 0. The number of carboxylic acids is 2. The summed E-state index contributed by atoms with van der Waals surface area (Å²) >= 11 is 0. The number of rotatable bonds is 5. The molecule has 0 fully saturated rings. The van der Waals surface area contributed by atoms with Gasteiger partial charge in [0, 0.05) is 12.1 Å². The minimum Gasteiger partial charge on any atom is -0.478 e. The van der Waals surface area contributed by atoms with Crippen LogP contribution in [0, 0.1) is 15.9 Å². The van der Waals surface area contributed by atoms with Crippen molar-refractivity contribution < 1.29 is 33.9 Å². The van der Waals surface area contributed by atoms with E-state index < -0.39 is 28.2 Å². The number of carboxylic acid groups (broad SMARTS) is 2. The number of nitro groups is 1. The molecule has 0 radical (unpaired) electrons. The summed E-state index contributed by atoms with van der Waals surface area (Å²) in [6, 6.07) is 16.8. The standard InChI is InChI=1S/C13H8FNO5.C7H6O2/c14-12-6-5-10(7-11(12)13(16)17)20-9-3-1-8(2-4-9)15(18)19;8-7(9)6-4-2-1-3-5-6/h1-7H,(H,16,17);1-5H,(H,8,9). The predicted molar refractivity (Wildman–Crippen MR) is 99.9 cm³/mol. The number of halogens is 1. The first kappa shape index (κ1) is 21.0. The van der Waals surface area contributed by atoms with E-state index in [9.17, 15) is 24.1 Å². The minimum absolute atomic E-state index is 0.0947. The van der Waals surface area contributed by atoms with Gasteiger partial charge in [-0.2, -0.15) is 0 Å². The molecule has 3 rings (SSSR count). The Labute approximate surface area is 163 Å². The van der Waals surface area contributed by atoms with Crippen molar-refractivity contribution in [3.05, 3.63) is 99.9 Å². The Morgan fingerprint density at radius 2 is 1.45 bits per heavy atom. The average Bonchev–Trinajstić information content (AvgIpc) is 2.71. The lowest BCUT2D eigenvalue weighted by Crippen LogP contribution is -2.00. The molecule has 0 aliphatic rings. The number of ether oxygens (including phenoxy) is 1. The van der Waals surface area contributed by atoms with E-state index >= 15 is 0 Å². The number of hydrogen-bond donors (Lipinski definition) is 2. The Balaban J connectivity index is 0.000000278. The highest BCUT2D eigenvalue weighted by atomic mass is 19.1. The first-order chi connectivity index (χ1) is 13.8. The molecule has 9 heteroatoms. The fourth-order valence-corrected chi connectivity index (χ4v) is 2.08. The van der Waals surface area contributed by atoms with Crippen LogP contribution < -0.4 is 4.74 Å². The van der Waals surface area contributed by atoms with Crippen molar-refractivity contribution in [3.63, 3.8) is 0 Å². The van der Waals surface area contributed by atoms with Gasteiger partial charge < -0.3 is 14.9 Å². The lowest BCUT2D eigenvalue weighted by atomic mass is 10.2. The highest BCUT2D eigenvalue weighted by Gasteiger charge is 2.12. The molecule has 0 unspecified atom stereocenters. The molecule has 0 atom stereocenters. The second-order valence-electron chi connectivity index (χ2n) is 5.47. The third-order valence-corrected chi connectivity index (χ3v) is 3.47. The molecule has 8 nitrogen and oxygen atoms in total. The highest BCUT2D eigenvalue weighted by molar-refractivity contribution is 5.88. The van der Waals surface area contributed by atoms with Crippen LogP contribution in [-0.2, 0) is 0 Å². The van der Waals surface area contributed by atoms with Crippen LogP contribution in [0.25, 0.3) is 0 Å². The molecule has 0 heterocycles. The molecule has 2 N–H and O–H groups in total. The van der Waals surface area contributed by atoms with E-state index in [0.29, 0.717) is 5.56 Å². The normalized spacial score (nSPS) is 9.69. The molecule has 0 saturated heterocycles. The van der Waals surface area contributed by atoms with Crippen molar-refractivity contribution in [2.45, 2.75) is 0 Å². The van der Waals surface area contributed by atoms with Gasteiger partial charge in [-0.3, -0.25) is 10.1 Å². The Hall–Kier alpha value is -4.27. The van der Waals surface area contributed by atoms with E-state index in [4.69, 9.17) is 14.9 Å². The Morgan fingerprint density at radius 1 is 0.862 bits per heavy atom. The zero-order valence-electron chi connectivity index (χ0n) is 14.7. The zero-order valence-corrected chi connectivity index (χ0v) is 14.7. The summed E-state index contributed by atoms with van der Waals surface area (Å²) in [4.78, 5) is 30.9. The molecule has 29 heavy (non-hydrogen) atoms. The summed E-state index contributed by atoms with van der Waals surface area (Å²) in [5.41, 5.74) is -0.274. The summed E-state index contributed by atoms with van der Waals surface area (Å²) in [6.45, 7) is 0. The zero-order chi connectivity index (χ0) is 21.4. The van der Waals surface area contributed by atoms with Gasteiger partial charge in [0.15, 0.2) is 0 Å². The van der Waals surface area contributed by atoms with E-state index in [1.807, 2.05) is 0 Å². The van der Waals surface area contributed by atoms with Crippen molar-refractivity contribution in [3.8, 4) is 11.5 Å².